The summed E-state index contributed by atoms with van der Waals surface area (Å²) in [7, 11) is 0. The molecule has 5 heteroatoms. The van der Waals surface area contributed by atoms with Gasteiger partial charge in [0.2, 0.25) is 0 Å². The van der Waals surface area contributed by atoms with E-state index in [9.17, 15) is 9.18 Å². The molecule has 0 unspecified atom stereocenters. The van der Waals surface area contributed by atoms with E-state index in [1.807, 2.05) is 19.2 Å². The van der Waals surface area contributed by atoms with E-state index in [4.69, 9.17) is 0 Å². The number of halogens is 1. The predicted octanol–water partition coefficient (Wildman–Crippen LogP) is 2.16. The van der Waals surface area contributed by atoms with E-state index in [0.717, 1.165) is 24.6 Å². The molecule has 2 aromatic rings. The maximum atomic E-state index is 13.1. The van der Waals surface area contributed by atoms with Crippen LogP contribution in [0.25, 0.3) is 18.0 Å². The molecule has 1 saturated carbocycles. The van der Waals surface area contributed by atoms with Gasteiger partial charge < -0.3 is 5.32 Å². The molecule has 1 heterocycles. The highest BCUT2D eigenvalue weighted by molar-refractivity contribution is 5.34. The molecule has 1 aromatic carbocycles. The Morgan fingerprint density at radius 1 is 1.25 bits per heavy atom. The highest BCUT2D eigenvalue weighted by Crippen LogP contribution is 2.17. The Bertz CT molecular complexity index is 842. The van der Waals surface area contributed by atoms with Crippen LogP contribution in [-0.4, -0.2) is 15.8 Å². The molecule has 0 aliphatic heterocycles. The quantitative estimate of drug-likeness (QED) is 0.903. The van der Waals surface area contributed by atoms with Crippen molar-refractivity contribution in [1.82, 2.24) is 15.1 Å². The smallest absolute Gasteiger partial charge is 0.280 e. The Hall–Kier alpha value is -2.30. The van der Waals surface area contributed by atoms with Gasteiger partial charge in [0.1, 0.15) is 5.82 Å². The minimum Gasteiger partial charge on any atom is -0.387 e. The van der Waals surface area contributed by atoms with Crippen molar-refractivity contribution in [3.63, 3.8) is 0 Å². The molecular weight excluding hydrogens is 305 g/mol. The third kappa shape index (κ3) is 3.61. The van der Waals surface area contributed by atoms with Crippen LogP contribution in [-0.2, 0) is 0 Å². The average molecular weight is 329 g/mol. The first-order valence-electron chi connectivity index (χ1n) is 8.72. The van der Waals surface area contributed by atoms with Gasteiger partial charge in [-0.05, 0) is 43.5 Å². The zero-order chi connectivity index (χ0) is 16.9. The van der Waals surface area contributed by atoms with Gasteiger partial charge in [-0.15, -0.1) is 0 Å². The van der Waals surface area contributed by atoms with Crippen LogP contribution in [0, 0.1) is 5.82 Å². The Morgan fingerprint density at radius 2 is 1.96 bits per heavy atom. The molecule has 1 fully saturated rings. The van der Waals surface area contributed by atoms with E-state index in [1.165, 1.54) is 36.1 Å². The molecule has 0 bridgehead atoms. The first kappa shape index (κ1) is 16.6. The molecule has 0 atom stereocenters. The number of nitrogens with one attached hydrogen (secondary N) is 2. The summed E-state index contributed by atoms with van der Waals surface area (Å²) in [5.41, 5.74) is 0.508. The second kappa shape index (κ2) is 7.51. The standard InChI is InChI=1S/C19H24FN3O/c1-2-6-18-17(13-21-15-7-4-3-5-8-15)19(24)23(22-18)16-11-9-14(20)10-12-16/h6,9-13,15,21-22H,2-5,7-8H2,1H3. The molecule has 4 nitrogen and oxygen atoms in total. The molecule has 2 N–H and O–H groups in total. The van der Waals surface area contributed by atoms with Crippen molar-refractivity contribution in [3.05, 3.63) is 51.0 Å². The third-order valence-electron chi connectivity index (χ3n) is 4.52. The molecule has 0 saturated heterocycles. The Kier molecular flexibility index (Phi) is 5.18. The Labute approximate surface area is 140 Å². The fourth-order valence-electron chi connectivity index (χ4n) is 3.21. The van der Waals surface area contributed by atoms with Gasteiger partial charge >= 0.3 is 0 Å². The van der Waals surface area contributed by atoms with E-state index in [-0.39, 0.29) is 11.4 Å². The SMILES string of the molecule is CCC=c1[nH]n(-c2ccc(F)cc2)c(=O)c1=CNC1CCCCC1. The molecule has 0 spiro atoms. The lowest BCUT2D eigenvalue weighted by atomic mass is 9.96. The summed E-state index contributed by atoms with van der Waals surface area (Å²) < 4.78 is 14.6. The number of hydrogen-bond donors (Lipinski definition) is 2. The number of aromatic nitrogens is 2. The monoisotopic (exact) mass is 329 g/mol. The fourth-order valence-corrected chi connectivity index (χ4v) is 3.21. The number of benzene rings is 1. The van der Waals surface area contributed by atoms with Crippen LogP contribution in [0.3, 0.4) is 0 Å². The summed E-state index contributed by atoms with van der Waals surface area (Å²) in [5, 5.41) is 7.97. The highest BCUT2D eigenvalue weighted by Gasteiger charge is 2.12. The van der Waals surface area contributed by atoms with Gasteiger partial charge in [-0.1, -0.05) is 32.3 Å². The van der Waals surface area contributed by atoms with Gasteiger partial charge in [0.25, 0.3) is 5.56 Å². The molecule has 24 heavy (non-hydrogen) atoms. The van der Waals surface area contributed by atoms with Gasteiger partial charge in [0, 0.05) is 12.2 Å². The summed E-state index contributed by atoms with van der Waals surface area (Å²) in [6, 6.07) is 6.36. The Morgan fingerprint density at radius 3 is 2.62 bits per heavy atom. The zero-order valence-corrected chi connectivity index (χ0v) is 14.0. The normalized spacial score (nSPS) is 17.4. The maximum Gasteiger partial charge on any atom is 0.280 e. The van der Waals surface area contributed by atoms with Crippen LogP contribution in [0.4, 0.5) is 4.39 Å². The van der Waals surface area contributed by atoms with Gasteiger partial charge in [-0.25, -0.2) is 9.07 Å². The Balaban J connectivity index is 2.00. The highest BCUT2D eigenvalue weighted by atomic mass is 19.1. The van der Waals surface area contributed by atoms with E-state index < -0.39 is 0 Å². The molecular formula is C19H24FN3O. The number of hydrogen-bond acceptors (Lipinski definition) is 2. The van der Waals surface area contributed by atoms with E-state index >= 15 is 0 Å². The zero-order valence-electron chi connectivity index (χ0n) is 14.0. The third-order valence-corrected chi connectivity index (χ3v) is 4.52. The molecule has 128 valence electrons. The van der Waals surface area contributed by atoms with E-state index in [0.29, 0.717) is 16.9 Å². The summed E-state index contributed by atoms with van der Waals surface area (Å²) in [4.78, 5) is 12.8. The largest absolute Gasteiger partial charge is 0.387 e. The second-order valence-corrected chi connectivity index (χ2v) is 6.31. The summed E-state index contributed by atoms with van der Waals surface area (Å²) in [6.07, 6.45) is 10.8. The summed E-state index contributed by atoms with van der Waals surface area (Å²) in [5.74, 6) is -0.315. The van der Waals surface area contributed by atoms with Crippen molar-refractivity contribution in [3.8, 4) is 5.69 Å². The molecule has 1 aliphatic carbocycles. The van der Waals surface area contributed by atoms with Gasteiger partial charge in [0.15, 0.2) is 0 Å². The predicted molar refractivity (Wildman–Crippen MR) is 94.8 cm³/mol. The number of aromatic amines is 1. The van der Waals surface area contributed by atoms with Crippen LogP contribution in [0.5, 0.6) is 0 Å². The fraction of sp³-hybridized carbons (Fsp3) is 0.421. The molecule has 3 rings (SSSR count). The lowest BCUT2D eigenvalue weighted by Gasteiger charge is -2.21. The van der Waals surface area contributed by atoms with Crippen molar-refractivity contribution in [2.75, 3.05) is 0 Å². The number of H-pyrrole nitrogens is 1. The van der Waals surface area contributed by atoms with Crippen LogP contribution in [0.15, 0.2) is 29.1 Å². The number of rotatable bonds is 4. The van der Waals surface area contributed by atoms with Gasteiger partial charge in [-0.2, -0.15) is 0 Å². The summed E-state index contributed by atoms with van der Waals surface area (Å²) in [6.45, 7) is 2.03. The first-order valence-corrected chi connectivity index (χ1v) is 8.72. The van der Waals surface area contributed by atoms with Crippen LogP contribution < -0.4 is 21.4 Å². The van der Waals surface area contributed by atoms with Crippen molar-refractivity contribution in [2.45, 2.75) is 51.5 Å². The topological polar surface area (TPSA) is 49.8 Å². The molecule has 1 aliphatic rings. The van der Waals surface area contributed by atoms with Crippen molar-refractivity contribution >= 4 is 12.3 Å². The van der Waals surface area contributed by atoms with Gasteiger partial charge in [0.05, 0.1) is 16.3 Å². The molecule has 0 amide bonds. The van der Waals surface area contributed by atoms with E-state index in [2.05, 4.69) is 10.4 Å². The lowest BCUT2D eigenvalue weighted by molar-refractivity contribution is 0.412. The second-order valence-electron chi connectivity index (χ2n) is 6.31. The van der Waals surface area contributed by atoms with Crippen molar-refractivity contribution in [1.29, 1.82) is 0 Å². The van der Waals surface area contributed by atoms with Crippen molar-refractivity contribution < 1.29 is 4.39 Å². The average Bonchev–Trinajstić information content (AvgIpc) is 2.91. The minimum atomic E-state index is -0.315. The maximum absolute atomic E-state index is 13.1. The number of nitrogens with zero attached hydrogens (tertiary/aromatic N) is 1. The van der Waals surface area contributed by atoms with Crippen LogP contribution >= 0.6 is 0 Å². The lowest BCUT2D eigenvalue weighted by Crippen LogP contribution is -2.39. The van der Waals surface area contributed by atoms with Gasteiger partial charge in [-0.3, -0.25) is 9.89 Å². The van der Waals surface area contributed by atoms with Crippen LogP contribution in [0.2, 0.25) is 0 Å². The first-order chi connectivity index (χ1) is 11.7. The minimum absolute atomic E-state index is 0.121. The summed E-state index contributed by atoms with van der Waals surface area (Å²) >= 11 is 0. The molecule has 0 radical (unpaired) electrons. The van der Waals surface area contributed by atoms with Crippen molar-refractivity contribution in [2.24, 2.45) is 0 Å². The van der Waals surface area contributed by atoms with E-state index in [1.54, 1.807) is 12.1 Å². The molecule has 1 aromatic heterocycles. The van der Waals surface area contributed by atoms with Crippen LogP contribution in [0.1, 0.15) is 45.4 Å².